The van der Waals surface area contributed by atoms with Gasteiger partial charge in [-0.2, -0.15) is 0 Å². The van der Waals surface area contributed by atoms with Crippen molar-refractivity contribution in [2.24, 2.45) is 27.7 Å². The molecule has 1 aromatic carbocycles. The Morgan fingerprint density at radius 3 is 2.19 bits per heavy atom. The third-order valence-corrected chi connectivity index (χ3v) is 11.5. The summed E-state index contributed by atoms with van der Waals surface area (Å²) in [6.45, 7) is 18.6. The van der Waals surface area contributed by atoms with Crippen molar-refractivity contribution in [2.75, 3.05) is 13.1 Å². The lowest BCUT2D eigenvalue weighted by Crippen LogP contribution is -2.65. The minimum atomic E-state index is -1.16. The number of amides is 5. The van der Waals surface area contributed by atoms with Gasteiger partial charge in [0.1, 0.15) is 41.6 Å². The Labute approximate surface area is 339 Å². The zero-order chi connectivity index (χ0) is 42.4. The van der Waals surface area contributed by atoms with E-state index in [1.165, 1.54) is 22.4 Å². The summed E-state index contributed by atoms with van der Waals surface area (Å²) in [6.07, 6.45) is 1.73. The molecule has 1 aromatic heterocycles. The van der Waals surface area contributed by atoms with Crippen molar-refractivity contribution >= 4 is 52.7 Å². The molecule has 312 valence electrons. The van der Waals surface area contributed by atoms with Gasteiger partial charge in [-0.25, -0.2) is 4.98 Å². The van der Waals surface area contributed by atoms with Crippen LogP contribution in [0.3, 0.4) is 0 Å². The Bertz CT molecular complexity index is 1790. The molecule has 2 aromatic rings. The van der Waals surface area contributed by atoms with Crippen molar-refractivity contribution < 1.29 is 33.9 Å². The summed E-state index contributed by atoms with van der Waals surface area (Å²) in [5.74, 6) is -4.25. The number of amidine groups is 1. The first-order chi connectivity index (χ1) is 26.6. The smallest absolute Gasteiger partial charge is 0.305 e. The minimum Gasteiger partial charge on any atom is -0.481 e. The van der Waals surface area contributed by atoms with Gasteiger partial charge in [0, 0.05) is 24.0 Å². The molecule has 0 spiro atoms. The van der Waals surface area contributed by atoms with Crippen LogP contribution in [0.5, 0.6) is 0 Å². The van der Waals surface area contributed by atoms with Gasteiger partial charge in [-0.1, -0.05) is 99.6 Å². The van der Waals surface area contributed by atoms with E-state index in [9.17, 15) is 33.9 Å². The molecule has 6 N–H and O–H groups in total. The van der Waals surface area contributed by atoms with E-state index in [1.807, 2.05) is 92.6 Å². The number of hydrogen-bond acceptors (Lipinski definition) is 10. The first kappa shape index (κ1) is 44.8. The number of rotatable bonds is 11. The van der Waals surface area contributed by atoms with Crippen LogP contribution in [0.2, 0.25) is 0 Å². The highest BCUT2D eigenvalue weighted by molar-refractivity contribution is 7.09. The van der Waals surface area contributed by atoms with E-state index in [0.717, 1.165) is 5.56 Å². The zero-order valence-corrected chi connectivity index (χ0v) is 35.5. The fourth-order valence-electron chi connectivity index (χ4n) is 7.26. The number of thiazole rings is 1. The molecule has 57 heavy (non-hydrogen) atoms. The van der Waals surface area contributed by atoms with Gasteiger partial charge in [0.25, 0.3) is 0 Å². The molecular formula is C41H60N8O7S. The average Bonchev–Trinajstić information content (AvgIpc) is 3.80. The summed E-state index contributed by atoms with van der Waals surface area (Å²) in [7, 11) is 0. The molecule has 1 unspecified atom stereocenters. The number of nitrogens with zero attached hydrogens (tertiary/aromatic N) is 3. The van der Waals surface area contributed by atoms with Gasteiger partial charge in [-0.05, 0) is 34.7 Å². The number of aromatic nitrogens is 1. The fourth-order valence-corrected chi connectivity index (χ4v) is 7.95. The highest BCUT2D eigenvalue weighted by atomic mass is 32.1. The minimum absolute atomic E-state index is 0.130. The molecule has 1 saturated heterocycles. The van der Waals surface area contributed by atoms with Crippen LogP contribution in [0, 0.1) is 22.7 Å². The molecule has 5 amide bonds. The van der Waals surface area contributed by atoms with E-state index < -0.39 is 83.1 Å². The number of hydrogen-bond donors (Lipinski definition) is 6. The highest BCUT2D eigenvalue weighted by Gasteiger charge is 2.44. The molecule has 15 nitrogen and oxygen atoms in total. The predicted molar refractivity (Wildman–Crippen MR) is 218 cm³/mol. The zero-order valence-electron chi connectivity index (χ0n) is 34.7. The van der Waals surface area contributed by atoms with Crippen molar-refractivity contribution in [3.63, 3.8) is 0 Å². The normalized spacial score (nSPS) is 23.0. The molecule has 1 fully saturated rings. The lowest BCUT2D eigenvalue weighted by atomic mass is 9.82. The maximum absolute atomic E-state index is 14.7. The van der Waals surface area contributed by atoms with Crippen LogP contribution in [0.1, 0.15) is 105 Å². The van der Waals surface area contributed by atoms with Crippen molar-refractivity contribution in [3.8, 4) is 0 Å². The first-order valence-corrected chi connectivity index (χ1v) is 20.5. The van der Waals surface area contributed by atoms with Gasteiger partial charge in [0.15, 0.2) is 0 Å². The molecule has 2 aliphatic rings. The van der Waals surface area contributed by atoms with Gasteiger partial charge >= 0.3 is 5.97 Å². The molecule has 0 aliphatic carbocycles. The van der Waals surface area contributed by atoms with Gasteiger partial charge in [-0.15, -0.1) is 11.3 Å². The van der Waals surface area contributed by atoms with Crippen LogP contribution in [0.15, 0.2) is 46.9 Å². The topological polar surface area (TPSA) is 211 Å². The summed E-state index contributed by atoms with van der Waals surface area (Å²) in [4.78, 5) is 92.8. The third-order valence-electron chi connectivity index (χ3n) is 10.6. The molecule has 0 radical (unpaired) electrons. The SMILES string of the molecule is CC(C)C1NC(=O)[C@@H]2[C@H](C)CCN2C(=O)CN=C(N[C@H](C(=O)N[C@H](C(=O)N[C@H](CC(=O)O)c2nccs2)[C@@H](C)c2ccccc2)C(C)(C)C)[C@H](C(C)(C)C)NC1=O. The summed E-state index contributed by atoms with van der Waals surface area (Å²) in [5, 5.41) is 26.9. The van der Waals surface area contributed by atoms with Crippen molar-refractivity contribution in [3.05, 3.63) is 52.5 Å². The van der Waals surface area contributed by atoms with Gasteiger partial charge in [-0.3, -0.25) is 33.8 Å². The largest absolute Gasteiger partial charge is 0.481 e. The van der Waals surface area contributed by atoms with Gasteiger partial charge < -0.3 is 36.6 Å². The van der Waals surface area contributed by atoms with E-state index in [0.29, 0.717) is 18.0 Å². The number of nitrogens with one attached hydrogen (secondary N) is 5. The van der Waals surface area contributed by atoms with E-state index in [4.69, 9.17) is 4.99 Å². The van der Waals surface area contributed by atoms with E-state index in [1.54, 1.807) is 12.3 Å². The van der Waals surface area contributed by atoms with Crippen LogP contribution < -0.4 is 26.6 Å². The second-order valence-corrected chi connectivity index (χ2v) is 18.6. The summed E-state index contributed by atoms with van der Waals surface area (Å²) >= 11 is 1.21. The monoisotopic (exact) mass is 808 g/mol. The Kier molecular flexibility index (Phi) is 14.6. The number of carboxylic acids is 1. The molecule has 2 aliphatic heterocycles. The lowest BCUT2D eigenvalue weighted by molar-refractivity contribution is -0.140. The highest BCUT2D eigenvalue weighted by Crippen LogP contribution is 2.29. The van der Waals surface area contributed by atoms with Crippen molar-refractivity contribution in [2.45, 2.75) is 124 Å². The number of benzene rings is 1. The quantitative estimate of drug-likeness (QED) is 0.196. The number of carbonyl (C=O) groups excluding carboxylic acids is 5. The van der Waals surface area contributed by atoms with E-state index >= 15 is 0 Å². The molecule has 0 saturated carbocycles. The number of carboxylic acid groups (broad SMARTS) is 1. The number of aliphatic carboxylic acids is 1. The molecule has 3 heterocycles. The van der Waals surface area contributed by atoms with E-state index in [2.05, 4.69) is 31.6 Å². The fraction of sp³-hybridized carbons (Fsp3) is 0.610. The maximum atomic E-state index is 14.7. The average molecular weight is 809 g/mol. The third kappa shape index (κ3) is 11.4. The molecule has 0 bridgehead atoms. The summed E-state index contributed by atoms with van der Waals surface area (Å²) in [6, 6.07) is 3.50. The molecule has 8 atom stereocenters. The molecular weight excluding hydrogens is 749 g/mol. The van der Waals surface area contributed by atoms with Crippen molar-refractivity contribution in [1.82, 2.24) is 36.5 Å². The summed E-state index contributed by atoms with van der Waals surface area (Å²) < 4.78 is 0. The second kappa shape index (κ2) is 18.6. The van der Waals surface area contributed by atoms with Crippen LogP contribution in [0.25, 0.3) is 0 Å². The van der Waals surface area contributed by atoms with Gasteiger partial charge in [0.05, 0.1) is 18.5 Å². The van der Waals surface area contributed by atoms with E-state index in [-0.39, 0.29) is 36.0 Å². The first-order valence-electron chi connectivity index (χ1n) is 19.6. The van der Waals surface area contributed by atoms with Crippen LogP contribution >= 0.6 is 11.3 Å². The Hall–Kier alpha value is -4.86. The predicted octanol–water partition coefficient (Wildman–Crippen LogP) is 3.39. The van der Waals surface area contributed by atoms with Crippen LogP contribution in [0.4, 0.5) is 0 Å². The number of carbonyl (C=O) groups is 6. The Morgan fingerprint density at radius 2 is 1.63 bits per heavy atom. The Morgan fingerprint density at radius 1 is 0.965 bits per heavy atom. The van der Waals surface area contributed by atoms with Gasteiger partial charge in [0.2, 0.25) is 29.5 Å². The molecule has 4 rings (SSSR count). The standard InChI is InChI=1S/C41H60N8O7S/c1-22(2)29-35(53)48-32(40(5,6)7)34(43-21-27(50)49-18-16-23(3)31(49)37(55)45-29)47-33(41(8,9)10)38(56)46-30(24(4)25-14-12-11-13-15-25)36(54)44-26(20-28(51)52)39-42-17-19-57-39/h11-15,17,19,22-24,26,29-33H,16,18,20-21H2,1-10H3,(H,43,47)(H,44,54)(H,45,55)(H,46,56)(H,48,53)(H,51,52)/t23-,24+,26-,29?,30+,31+,32-,33-/m1/s1. The van der Waals surface area contributed by atoms with Crippen molar-refractivity contribution in [1.29, 1.82) is 0 Å². The lowest BCUT2D eigenvalue weighted by Gasteiger charge is -2.39. The second-order valence-electron chi connectivity index (χ2n) is 17.7. The molecule has 16 heteroatoms. The Balaban J connectivity index is 1.76. The maximum Gasteiger partial charge on any atom is 0.305 e. The summed E-state index contributed by atoms with van der Waals surface area (Å²) in [5.41, 5.74) is -0.759. The van der Waals surface area contributed by atoms with Crippen LogP contribution in [-0.4, -0.2) is 99.6 Å². The number of aliphatic imine (C=N–C) groups is 1. The van der Waals surface area contributed by atoms with Crippen LogP contribution in [-0.2, 0) is 28.8 Å². The number of fused-ring (bicyclic) bond motifs is 1.